The first-order chi connectivity index (χ1) is 28.4. The summed E-state index contributed by atoms with van der Waals surface area (Å²) < 4.78 is 33.3. The first-order valence-electron chi connectivity index (χ1n) is 21.4. The summed E-state index contributed by atoms with van der Waals surface area (Å²) in [4.78, 5) is 35.5. The molecule has 0 aromatic rings. The van der Waals surface area contributed by atoms with Gasteiger partial charge in [-0.15, -0.1) is 0 Å². The first-order valence-corrected chi connectivity index (χ1v) is 22.9. The number of carbonyl (C=O) groups is 2. The Morgan fingerprint density at radius 2 is 1.00 bits per heavy atom. The molecule has 6 N–H and O–H groups in total. The number of unbranched alkanes of at least 4 members (excludes halogenated alkanes) is 7. The van der Waals surface area contributed by atoms with Crippen molar-refractivity contribution in [1.82, 2.24) is 0 Å². The summed E-state index contributed by atoms with van der Waals surface area (Å²) >= 11 is 0. The SMILES string of the molecule is CC/C=C/C/C=C/C/C=C/C/C=C/C/C=C/C/C=C/CCC(=O)O[C@H](COC(=O)CCCCCCC/C=C/CCCC)COP(=O)(O)OC1C(O)C(O)C(O)[C@H](O)C1O. The summed E-state index contributed by atoms with van der Waals surface area (Å²) in [6, 6.07) is 0. The lowest BCUT2D eigenvalue weighted by Crippen LogP contribution is -2.64. The number of ether oxygens (including phenoxy) is 2. The zero-order valence-corrected chi connectivity index (χ0v) is 36.1. The van der Waals surface area contributed by atoms with Gasteiger partial charge in [0.25, 0.3) is 0 Å². The Kier molecular flexibility index (Phi) is 31.8. The van der Waals surface area contributed by atoms with Crippen LogP contribution in [0.4, 0.5) is 0 Å². The van der Waals surface area contributed by atoms with Crippen molar-refractivity contribution in [3.63, 3.8) is 0 Å². The van der Waals surface area contributed by atoms with Gasteiger partial charge in [0.15, 0.2) is 6.10 Å². The second-order valence-corrected chi connectivity index (χ2v) is 15.9. The van der Waals surface area contributed by atoms with Gasteiger partial charge in [-0.2, -0.15) is 0 Å². The molecule has 0 aliphatic heterocycles. The van der Waals surface area contributed by atoms with Gasteiger partial charge < -0.3 is 39.9 Å². The molecule has 0 radical (unpaired) electrons. The summed E-state index contributed by atoms with van der Waals surface area (Å²) in [5.41, 5.74) is 0. The second-order valence-electron chi connectivity index (χ2n) is 14.5. The number of allylic oxidation sites excluding steroid dienone is 14. The van der Waals surface area contributed by atoms with Gasteiger partial charge in [0.2, 0.25) is 0 Å². The highest BCUT2D eigenvalue weighted by molar-refractivity contribution is 7.47. The van der Waals surface area contributed by atoms with Gasteiger partial charge in [0, 0.05) is 12.8 Å². The lowest BCUT2D eigenvalue weighted by atomic mass is 9.85. The number of phosphoric acid groups is 1. The Bertz CT molecular complexity index is 1360. The minimum absolute atomic E-state index is 0.0347. The van der Waals surface area contributed by atoms with Crippen molar-refractivity contribution in [3.05, 3.63) is 85.1 Å². The van der Waals surface area contributed by atoms with Crippen molar-refractivity contribution in [2.24, 2.45) is 0 Å². The van der Waals surface area contributed by atoms with Crippen LogP contribution in [0.3, 0.4) is 0 Å². The van der Waals surface area contributed by atoms with E-state index in [1.165, 1.54) is 12.8 Å². The van der Waals surface area contributed by atoms with E-state index in [0.717, 1.165) is 70.6 Å². The van der Waals surface area contributed by atoms with E-state index in [0.29, 0.717) is 19.3 Å². The van der Waals surface area contributed by atoms with Gasteiger partial charge in [-0.05, 0) is 70.6 Å². The fourth-order valence-corrected chi connectivity index (χ4v) is 6.73. The van der Waals surface area contributed by atoms with E-state index in [1.54, 1.807) is 0 Å². The molecular formula is C45H73O13P. The maximum Gasteiger partial charge on any atom is 0.472 e. The maximum atomic E-state index is 12.8. The maximum absolute atomic E-state index is 12.8. The molecule has 6 unspecified atom stereocenters. The topological polar surface area (TPSA) is 210 Å². The molecule has 13 nitrogen and oxygen atoms in total. The molecule has 1 fully saturated rings. The van der Waals surface area contributed by atoms with Crippen LogP contribution in [-0.4, -0.2) is 98.3 Å². The van der Waals surface area contributed by atoms with Crippen LogP contribution in [0.2, 0.25) is 0 Å². The second kappa shape index (κ2) is 34.7. The van der Waals surface area contributed by atoms with E-state index < -0.39 is 75.7 Å². The Morgan fingerprint density at radius 3 is 1.54 bits per heavy atom. The normalized spacial score (nSPS) is 23.2. The number of esters is 2. The third-order valence-corrected chi connectivity index (χ3v) is 10.2. The minimum atomic E-state index is -5.14. The third-order valence-electron chi connectivity index (χ3n) is 9.23. The van der Waals surface area contributed by atoms with Crippen LogP contribution in [0.25, 0.3) is 0 Å². The van der Waals surface area contributed by atoms with Gasteiger partial charge >= 0.3 is 19.8 Å². The van der Waals surface area contributed by atoms with Crippen molar-refractivity contribution >= 4 is 19.8 Å². The predicted octanol–water partition coefficient (Wildman–Crippen LogP) is 7.72. The summed E-state index contributed by atoms with van der Waals surface area (Å²) in [5, 5.41) is 50.0. The zero-order valence-electron chi connectivity index (χ0n) is 35.3. The number of rotatable bonds is 33. The average molecular weight is 853 g/mol. The van der Waals surface area contributed by atoms with Crippen LogP contribution >= 0.6 is 7.82 Å². The average Bonchev–Trinajstić information content (AvgIpc) is 3.21. The van der Waals surface area contributed by atoms with Crippen molar-refractivity contribution < 1.29 is 63.1 Å². The number of hydrogen-bond donors (Lipinski definition) is 6. The number of phosphoric ester groups is 1. The summed E-state index contributed by atoms with van der Waals surface area (Å²) in [6.07, 6.45) is 30.9. The molecule has 8 atom stereocenters. The van der Waals surface area contributed by atoms with Crippen LogP contribution in [0.1, 0.15) is 129 Å². The fraction of sp³-hybridized carbons (Fsp3) is 0.644. The molecule has 1 saturated carbocycles. The largest absolute Gasteiger partial charge is 0.472 e. The molecule has 14 heteroatoms. The van der Waals surface area contributed by atoms with Gasteiger partial charge in [0.1, 0.15) is 43.2 Å². The highest BCUT2D eigenvalue weighted by atomic mass is 31.2. The van der Waals surface area contributed by atoms with Gasteiger partial charge in [-0.1, -0.05) is 131 Å². The zero-order chi connectivity index (χ0) is 43.6. The van der Waals surface area contributed by atoms with E-state index in [4.69, 9.17) is 18.5 Å². The van der Waals surface area contributed by atoms with Crippen LogP contribution < -0.4 is 0 Å². The minimum Gasteiger partial charge on any atom is -0.462 e. The molecule has 0 aromatic carbocycles. The number of aliphatic hydroxyl groups excluding tert-OH is 5. The molecule has 0 aromatic heterocycles. The smallest absolute Gasteiger partial charge is 0.462 e. The summed E-state index contributed by atoms with van der Waals surface area (Å²) in [6.45, 7) is 3.04. The van der Waals surface area contributed by atoms with Crippen molar-refractivity contribution in [3.8, 4) is 0 Å². The van der Waals surface area contributed by atoms with Crippen molar-refractivity contribution in [1.29, 1.82) is 0 Å². The van der Waals surface area contributed by atoms with Gasteiger partial charge in [-0.3, -0.25) is 18.6 Å². The van der Waals surface area contributed by atoms with Crippen LogP contribution in [0.5, 0.6) is 0 Å². The quantitative estimate of drug-likeness (QED) is 0.0162. The van der Waals surface area contributed by atoms with Crippen molar-refractivity contribution in [2.75, 3.05) is 13.2 Å². The molecule has 1 aliphatic rings. The van der Waals surface area contributed by atoms with Gasteiger partial charge in [-0.25, -0.2) is 4.57 Å². The number of aliphatic hydroxyl groups is 5. The molecule has 1 aliphatic carbocycles. The highest BCUT2D eigenvalue weighted by Crippen LogP contribution is 2.47. The molecular weight excluding hydrogens is 779 g/mol. The molecule has 336 valence electrons. The van der Waals surface area contributed by atoms with E-state index >= 15 is 0 Å². The Hall–Kier alpha value is -2.97. The Labute approximate surface area is 352 Å². The molecule has 0 saturated heterocycles. The Balaban J connectivity index is 2.56. The monoisotopic (exact) mass is 852 g/mol. The standard InChI is InChI=1S/C45H73O13P/c1-3-5-7-9-11-13-15-16-17-18-19-20-21-22-24-26-28-30-32-34-39(47)57-37(35-55-38(46)33-31-29-27-25-23-14-12-10-8-6-4-2)36-56-59(53,54)58-45-43(51)41(49)40(48)42(50)44(45)52/h5,7,10-13,16-17,19-20,22,24,28,30,37,40-45,48-52H,3-4,6,8-9,14-15,18,21,23,25-27,29,31-36H2,1-2H3,(H,53,54)/b7-5+,12-10+,13-11+,17-16+,20-19+,24-22+,30-28+/t37-,40?,41+,42?,43?,44?,45?/m1/s1. The lowest BCUT2D eigenvalue weighted by molar-refractivity contribution is -0.220. The first kappa shape index (κ1) is 54.0. The molecule has 0 amide bonds. The van der Waals surface area contributed by atoms with E-state index in [2.05, 4.69) is 80.7 Å². The third kappa shape index (κ3) is 27.5. The van der Waals surface area contributed by atoms with E-state index in [1.807, 2.05) is 18.2 Å². The number of carbonyl (C=O) groups excluding carboxylic acids is 2. The Morgan fingerprint density at radius 1 is 0.542 bits per heavy atom. The summed E-state index contributed by atoms with van der Waals surface area (Å²) in [5.74, 6) is -1.22. The molecule has 1 rings (SSSR count). The van der Waals surface area contributed by atoms with Gasteiger partial charge in [0.05, 0.1) is 6.61 Å². The lowest BCUT2D eigenvalue weighted by Gasteiger charge is -2.41. The molecule has 59 heavy (non-hydrogen) atoms. The van der Waals surface area contributed by atoms with Crippen LogP contribution in [0.15, 0.2) is 85.1 Å². The number of hydrogen-bond acceptors (Lipinski definition) is 12. The predicted molar refractivity (Wildman–Crippen MR) is 230 cm³/mol. The van der Waals surface area contributed by atoms with E-state index in [-0.39, 0.29) is 12.8 Å². The molecule has 0 heterocycles. The molecule has 0 bridgehead atoms. The van der Waals surface area contributed by atoms with E-state index in [9.17, 15) is 44.6 Å². The van der Waals surface area contributed by atoms with Crippen LogP contribution in [0, 0.1) is 0 Å². The van der Waals surface area contributed by atoms with Crippen molar-refractivity contribution in [2.45, 2.75) is 172 Å². The fourth-order valence-electron chi connectivity index (χ4n) is 5.76. The summed E-state index contributed by atoms with van der Waals surface area (Å²) in [7, 11) is -5.14. The van der Waals surface area contributed by atoms with Crippen LogP contribution in [-0.2, 0) is 32.7 Å². The molecule has 0 spiro atoms. The highest BCUT2D eigenvalue weighted by Gasteiger charge is 2.51.